The number of benzene rings is 1. The Morgan fingerprint density at radius 2 is 2.17 bits per heavy atom. The van der Waals surface area contributed by atoms with Gasteiger partial charge in [0.2, 0.25) is 5.91 Å². The fraction of sp³-hybridized carbons (Fsp3) is 0.500. The normalized spacial score (nSPS) is 17.1. The summed E-state index contributed by atoms with van der Waals surface area (Å²) in [5, 5.41) is 9.26. The minimum atomic E-state index is -0.244. The molecule has 2 rings (SSSR count). The molecular formula is C16H23Cl2N3O3. The zero-order valence-corrected chi connectivity index (χ0v) is 15.3. The largest absolute Gasteiger partial charge is 0.378 e. The molecular weight excluding hydrogens is 353 g/mol. The van der Waals surface area contributed by atoms with Crippen molar-refractivity contribution in [1.29, 1.82) is 0 Å². The Bertz CT molecular complexity index is 576. The van der Waals surface area contributed by atoms with Gasteiger partial charge in [0, 0.05) is 30.1 Å². The summed E-state index contributed by atoms with van der Waals surface area (Å²) >= 11 is 5.99. The van der Waals surface area contributed by atoms with Crippen molar-refractivity contribution in [1.82, 2.24) is 10.6 Å². The second-order valence-corrected chi connectivity index (χ2v) is 6.23. The molecule has 1 aromatic rings. The van der Waals surface area contributed by atoms with Crippen LogP contribution in [0.4, 0.5) is 5.69 Å². The van der Waals surface area contributed by atoms with Crippen LogP contribution in [0.5, 0.6) is 0 Å². The number of amides is 2. The van der Waals surface area contributed by atoms with Crippen LogP contribution in [-0.2, 0) is 9.53 Å². The first-order chi connectivity index (χ1) is 11.0. The van der Waals surface area contributed by atoms with Crippen LogP contribution < -0.4 is 16.0 Å². The van der Waals surface area contributed by atoms with E-state index < -0.39 is 0 Å². The molecule has 1 aliphatic rings. The molecule has 0 aliphatic carbocycles. The molecule has 0 saturated carbocycles. The van der Waals surface area contributed by atoms with Gasteiger partial charge < -0.3 is 20.7 Å². The van der Waals surface area contributed by atoms with E-state index in [2.05, 4.69) is 16.0 Å². The third kappa shape index (κ3) is 6.28. The van der Waals surface area contributed by atoms with Crippen molar-refractivity contribution in [2.75, 3.05) is 25.1 Å². The van der Waals surface area contributed by atoms with Crippen LogP contribution in [0, 0.1) is 0 Å². The summed E-state index contributed by atoms with van der Waals surface area (Å²) in [4.78, 5) is 24.4. The van der Waals surface area contributed by atoms with Gasteiger partial charge in [-0.05, 0) is 32.0 Å². The van der Waals surface area contributed by atoms with Crippen LogP contribution in [0.2, 0.25) is 5.02 Å². The van der Waals surface area contributed by atoms with Crippen LogP contribution in [0.3, 0.4) is 0 Å². The predicted octanol–water partition coefficient (Wildman–Crippen LogP) is 2.22. The summed E-state index contributed by atoms with van der Waals surface area (Å²) in [5.41, 5.74) is 0.807. The van der Waals surface area contributed by atoms with Gasteiger partial charge in [0.25, 0.3) is 5.91 Å². The van der Waals surface area contributed by atoms with Crippen LogP contribution >= 0.6 is 24.0 Å². The molecule has 1 atom stereocenters. The molecule has 1 unspecified atom stereocenters. The van der Waals surface area contributed by atoms with Gasteiger partial charge in [0.05, 0.1) is 24.5 Å². The Labute approximate surface area is 153 Å². The van der Waals surface area contributed by atoms with Gasteiger partial charge in [-0.25, -0.2) is 0 Å². The lowest BCUT2D eigenvalue weighted by Gasteiger charge is -2.23. The zero-order valence-electron chi connectivity index (χ0n) is 13.7. The lowest BCUT2D eigenvalue weighted by molar-refractivity contribution is -0.117. The first-order valence-electron chi connectivity index (χ1n) is 7.67. The summed E-state index contributed by atoms with van der Waals surface area (Å²) in [6.07, 6.45) is 0.276. The number of carbonyl (C=O) groups excluding carboxylic acids is 2. The van der Waals surface area contributed by atoms with E-state index in [9.17, 15) is 9.59 Å². The highest BCUT2D eigenvalue weighted by Crippen LogP contribution is 2.21. The third-order valence-corrected chi connectivity index (χ3v) is 3.59. The molecule has 1 saturated heterocycles. The summed E-state index contributed by atoms with van der Waals surface area (Å²) in [6.45, 7) is 5.65. The Hall–Kier alpha value is -1.34. The summed E-state index contributed by atoms with van der Waals surface area (Å²) in [5.74, 6) is -0.431. The molecule has 0 aromatic heterocycles. The molecule has 1 aliphatic heterocycles. The Balaban J connectivity index is 0.00000288. The summed E-state index contributed by atoms with van der Waals surface area (Å²) in [7, 11) is 0. The number of morpholine rings is 1. The Kier molecular flexibility index (Phi) is 8.48. The lowest BCUT2D eigenvalue weighted by atomic mass is 10.1. The molecule has 2 amide bonds. The number of nitrogens with one attached hydrogen (secondary N) is 3. The van der Waals surface area contributed by atoms with Crippen molar-refractivity contribution in [2.24, 2.45) is 0 Å². The number of hydrogen-bond acceptors (Lipinski definition) is 4. The molecule has 6 nitrogen and oxygen atoms in total. The van der Waals surface area contributed by atoms with E-state index in [0.29, 0.717) is 29.5 Å². The van der Waals surface area contributed by atoms with E-state index >= 15 is 0 Å². The van der Waals surface area contributed by atoms with Crippen LogP contribution in [0.1, 0.15) is 30.6 Å². The standard InChI is InChI=1S/C16H22ClN3O3.ClH/c1-10(2)19-16(22)13-4-3-11(17)7-14(13)20-15(21)8-12-9-23-6-5-18-12;/h3-4,7,10,12,18H,5-6,8-9H2,1-2H3,(H,19,22)(H,20,21);1H. The molecule has 24 heavy (non-hydrogen) atoms. The number of ether oxygens (including phenoxy) is 1. The third-order valence-electron chi connectivity index (χ3n) is 3.35. The molecule has 0 spiro atoms. The van der Waals surface area contributed by atoms with Crippen molar-refractivity contribution in [3.63, 3.8) is 0 Å². The molecule has 1 heterocycles. The maximum absolute atomic E-state index is 12.2. The molecule has 1 aromatic carbocycles. The monoisotopic (exact) mass is 375 g/mol. The number of anilines is 1. The summed E-state index contributed by atoms with van der Waals surface area (Å²) in [6, 6.07) is 4.81. The molecule has 1 fully saturated rings. The van der Waals surface area contributed by atoms with Crippen LogP contribution in [0.15, 0.2) is 18.2 Å². The summed E-state index contributed by atoms with van der Waals surface area (Å²) < 4.78 is 5.33. The van der Waals surface area contributed by atoms with E-state index in [1.54, 1.807) is 18.2 Å². The van der Waals surface area contributed by atoms with Crippen LogP contribution in [-0.4, -0.2) is 43.7 Å². The SMILES string of the molecule is CC(C)NC(=O)c1ccc(Cl)cc1NC(=O)CC1COCCN1.Cl. The molecule has 134 valence electrons. The number of hydrogen-bond donors (Lipinski definition) is 3. The smallest absolute Gasteiger partial charge is 0.253 e. The first kappa shape index (κ1) is 20.7. The zero-order chi connectivity index (χ0) is 16.8. The van der Waals surface area contributed by atoms with E-state index in [1.165, 1.54) is 0 Å². The Morgan fingerprint density at radius 3 is 2.79 bits per heavy atom. The fourth-order valence-electron chi connectivity index (χ4n) is 2.33. The van der Waals surface area contributed by atoms with Gasteiger partial charge in [-0.1, -0.05) is 11.6 Å². The van der Waals surface area contributed by atoms with Gasteiger partial charge >= 0.3 is 0 Å². The van der Waals surface area contributed by atoms with Crippen molar-refractivity contribution in [3.05, 3.63) is 28.8 Å². The maximum Gasteiger partial charge on any atom is 0.253 e. The molecule has 0 bridgehead atoms. The van der Waals surface area contributed by atoms with Crippen LogP contribution in [0.25, 0.3) is 0 Å². The van der Waals surface area contributed by atoms with E-state index in [0.717, 1.165) is 6.54 Å². The average molecular weight is 376 g/mol. The second kappa shape index (κ2) is 9.84. The first-order valence-corrected chi connectivity index (χ1v) is 8.05. The maximum atomic E-state index is 12.2. The minimum Gasteiger partial charge on any atom is -0.378 e. The number of carbonyl (C=O) groups is 2. The quantitative estimate of drug-likeness (QED) is 0.736. The highest BCUT2D eigenvalue weighted by molar-refractivity contribution is 6.31. The fourth-order valence-corrected chi connectivity index (χ4v) is 2.51. The lowest BCUT2D eigenvalue weighted by Crippen LogP contribution is -2.43. The van der Waals surface area contributed by atoms with Gasteiger partial charge in [0.1, 0.15) is 0 Å². The van der Waals surface area contributed by atoms with Crippen molar-refractivity contribution in [3.8, 4) is 0 Å². The highest BCUT2D eigenvalue weighted by Gasteiger charge is 2.19. The van der Waals surface area contributed by atoms with E-state index in [1.807, 2.05) is 13.8 Å². The molecule has 8 heteroatoms. The molecule has 3 N–H and O–H groups in total. The number of halogens is 2. The van der Waals surface area contributed by atoms with Gasteiger partial charge in [-0.15, -0.1) is 12.4 Å². The second-order valence-electron chi connectivity index (χ2n) is 5.80. The highest BCUT2D eigenvalue weighted by atomic mass is 35.5. The van der Waals surface area contributed by atoms with Crippen molar-refractivity contribution >= 4 is 41.5 Å². The average Bonchev–Trinajstić information content (AvgIpc) is 2.47. The van der Waals surface area contributed by atoms with Gasteiger partial charge in [0.15, 0.2) is 0 Å². The van der Waals surface area contributed by atoms with E-state index in [4.69, 9.17) is 16.3 Å². The number of rotatable bonds is 5. The molecule has 0 radical (unpaired) electrons. The van der Waals surface area contributed by atoms with Crippen molar-refractivity contribution < 1.29 is 14.3 Å². The van der Waals surface area contributed by atoms with E-state index in [-0.39, 0.29) is 42.7 Å². The van der Waals surface area contributed by atoms with Gasteiger partial charge in [-0.3, -0.25) is 9.59 Å². The predicted molar refractivity (Wildman–Crippen MR) is 97.2 cm³/mol. The topological polar surface area (TPSA) is 79.5 Å². The minimum absolute atomic E-state index is 0. The Morgan fingerprint density at radius 1 is 1.42 bits per heavy atom. The van der Waals surface area contributed by atoms with Crippen molar-refractivity contribution in [2.45, 2.75) is 32.4 Å². The van der Waals surface area contributed by atoms with Gasteiger partial charge in [-0.2, -0.15) is 0 Å².